The van der Waals surface area contributed by atoms with Crippen LogP contribution in [0, 0.1) is 5.92 Å². The highest BCUT2D eigenvalue weighted by Crippen LogP contribution is 2.45. The number of likely N-dealkylation sites (tertiary alicyclic amines) is 1. The van der Waals surface area contributed by atoms with Gasteiger partial charge in [-0.3, -0.25) is 14.9 Å². The van der Waals surface area contributed by atoms with Gasteiger partial charge in [-0.1, -0.05) is 12.1 Å². The average Bonchev–Trinajstić information content (AvgIpc) is 3.10. The van der Waals surface area contributed by atoms with Crippen molar-refractivity contribution in [2.45, 2.75) is 36.7 Å². The number of carboxylic acid groups (broad SMARTS) is 2. The molecule has 40 heavy (non-hydrogen) atoms. The number of pyridine rings is 2. The summed E-state index contributed by atoms with van der Waals surface area (Å²) in [5, 5.41) is 14.2. The van der Waals surface area contributed by atoms with Crippen LogP contribution in [0.2, 0.25) is 0 Å². The minimum atomic E-state index is -5.08. The minimum Gasteiger partial charge on any atom is -0.475 e. The molecule has 2 saturated heterocycles. The first kappa shape index (κ1) is 32.9. The molecule has 0 aliphatic carbocycles. The number of aliphatic carboxylic acids is 2. The number of halogens is 6. The Bertz CT molecular complexity index is 1200. The number of alkyl halides is 6. The highest BCUT2D eigenvalue weighted by atomic mass is 32.2. The predicted molar refractivity (Wildman–Crippen MR) is 125 cm³/mol. The first-order chi connectivity index (χ1) is 18.5. The second kappa shape index (κ2) is 13.4. The average molecular weight is 602 g/mol. The van der Waals surface area contributed by atoms with E-state index in [1.807, 2.05) is 36.4 Å². The summed E-state index contributed by atoms with van der Waals surface area (Å²) in [4.78, 5) is 28.5. The van der Waals surface area contributed by atoms with Crippen LogP contribution < -0.4 is 0 Å². The summed E-state index contributed by atoms with van der Waals surface area (Å²) in [5.41, 5.74) is 1.84. The Labute approximate surface area is 224 Å². The molecule has 2 aliphatic rings. The van der Waals surface area contributed by atoms with Crippen LogP contribution in [0.4, 0.5) is 26.3 Å². The number of sulfone groups is 1. The van der Waals surface area contributed by atoms with E-state index < -0.39 is 38.9 Å². The Balaban J connectivity index is 0.000000333. The molecule has 4 heterocycles. The zero-order valence-electron chi connectivity index (χ0n) is 20.6. The third-order valence-corrected chi connectivity index (χ3v) is 8.58. The first-order valence-electron chi connectivity index (χ1n) is 11.4. The second-order valence-electron chi connectivity index (χ2n) is 8.78. The number of nitrogens with zero attached hydrogens (tertiary/aromatic N) is 3. The summed E-state index contributed by atoms with van der Waals surface area (Å²) < 4.78 is 94.0. The van der Waals surface area contributed by atoms with Gasteiger partial charge in [-0.25, -0.2) is 18.0 Å². The van der Waals surface area contributed by atoms with Crippen LogP contribution in [0.25, 0.3) is 0 Å². The largest absolute Gasteiger partial charge is 0.490 e. The molecule has 1 atom stereocenters. The van der Waals surface area contributed by atoms with Crippen LogP contribution >= 0.6 is 0 Å². The Morgan fingerprint density at radius 3 is 1.82 bits per heavy atom. The van der Waals surface area contributed by atoms with Crippen molar-refractivity contribution in [3.8, 4) is 0 Å². The van der Waals surface area contributed by atoms with Crippen LogP contribution in [0.5, 0.6) is 0 Å². The first-order valence-corrected chi connectivity index (χ1v) is 13.1. The van der Waals surface area contributed by atoms with Gasteiger partial charge in [0, 0.05) is 37.9 Å². The number of carboxylic acids is 2. The molecular weight excluding hydrogens is 576 g/mol. The lowest BCUT2D eigenvalue weighted by molar-refractivity contribution is -0.193. The van der Waals surface area contributed by atoms with E-state index in [1.54, 1.807) is 12.4 Å². The van der Waals surface area contributed by atoms with Crippen molar-refractivity contribution in [1.29, 1.82) is 0 Å². The van der Waals surface area contributed by atoms with Gasteiger partial charge < -0.3 is 14.9 Å². The van der Waals surface area contributed by atoms with Crippen LogP contribution in [-0.4, -0.2) is 88.0 Å². The summed E-state index contributed by atoms with van der Waals surface area (Å²) in [6.07, 6.45) is -5.98. The van der Waals surface area contributed by atoms with E-state index in [0.717, 1.165) is 11.4 Å². The lowest BCUT2D eigenvalue weighted by Crippen LogP contribution is -2.67. The highest BCUT2D eigenvalue weighted by molar-refractivity contribution is 7.93. The normalized spacial score (nSPS) is 19.4. The number of rotatable bonds is 6. The summed E-state index contributed by atoms with van der Waals surface area (Å²) in [6, 6.07) is 11.5. The Morgan fingerprint density at radius 2 is 1.40 bits per heavy atom. The van der Waals surface area contributed by atoms with Crippen molar-refractivity contribution >= 4 is 21.8 Å². The third-order valence-electron chi connectivity index (χ3n) is 5.97. The molecule has 1 spiro atoms. The van der Waals surface area contributed by atoms with E-state index in [9.17, 15) is 34.8 Å². The molecule has 222 valence electrons. The molecule has 17 heteroatoms. The van der Waals surface area contributed by atoms with Gasteiger partial charge in [0.1, 0.15) is 4.75 Å². The maximum absolute atomic E-state index is 12.7. The van der Waals surface area contributed by atoms with Crippen molar-refractivity contribution < 1.29 is 59.3 Å². The molecule has 4 rings (SSSR count). The maximum atomic E-state index is 12.7. The van der Waals surface area contributed by atoms with Gasteiger partial charge in [-0.05, 0) is 30.7 Å². The molecule has 0 radical (unpaired) electrons. The number of ether oxygens (including phenoxy) is 1. The maximum Gasteiger partial charge on any atom is 0.490 e. The standard InChI is InChI=1S/C19H23N3O3S.2C2HF3O2/c23-26(24)10-7-16(12-25-13-18-6-2-4-9-21-18)19(26)14-22(15-19)11-17-5-1-3-8-20-17;2*3-2(4,5)1(6)7/h1-6,8-9,16H,7,10-15H2;2*(H,6,7). The van der Waals surface area contributed by atoms with Crippen molar-refractivity contribution in [1.82, 2.24) is 14.9 Å². The van der Waals surface area contributed by atoms with E-state index in [0.29, 0.717) is 39.3 Å². The highest BCUT2D eigenvalue weighted by Gasteiger charge is 2.61. The van der Waals surface area contributed by atoms with Gasteiger partial charge in [0.25, 0.3) is 0 Å². The van der Waals surface area contributed by atoms with Gasteiger partial charge in [0.15, 0.2) is 9.84 Å². The summed E-state index contributed by atoms with van der Waals surface area (Å²) in [6.45, 7) is 2.73. The second-order valence-corrected chi connectivity index (χ2v) is 11.2. The fraction of sp³-hybridized carbons (Fsp3) is 0.478. The number of carbonyl (C=O) groups is 2. The van der Waals surface area contributed by atoms with E-state index >= 15 is 0 Å². The van der Waals surface area contributed by atoms with E-state index in [-0.39, 0.29) is 11.7 Å². The van der Waals surface area contributed by atoms with Crippen LogP contribution in [0.1, 0.15) is 17.8 Å². The molecule has 0 aromatic carbocycles. The minimum absolute atomic E-state index is 0.0520. The number of hydrogen-bond donors (Lipinski definition) is 2. The summed E-state index contributed by atoms with van der Waals surface area (Å²) >= 11 is 0. The van der Waals surface area contributed by atoms with Gasteiger partial charge in [0.05, 0.1) is 30.4 Å². The van der Waals surface area contributed by atoms with E-state index in [4.69, 9.17) is 24.5 Å². The van der Waals surface area contributed by atoms with Gasteiger partial charge in [-0.2, -0.15) is 26.3 Å². The van der Waals surface area contributed by atoms with E-state index in [2.05, 4.69) is 14.9 Å². The SMILES string of the molecule is O=C(O)C(F)(F)F.O=C(O)C(F)(F)F.O=S1(=O)CCC(COCc2ccccn2)C12CN(Cc1ccccn1)C2. The topological polar surface area (TPSA) is 147 Å². The fourth-order valence-corrected chi connectivity index (χ4v) is 6.49. The molecule has 0 amide bonds. The summed E-state index contributed by atoms with van der Waals surface area (Å²) in [5.74, 6) is -5.20. The van der Waals surface area contributed by atoms with Crippen molar-refractivity contribution in [2.75, 3.05) is 25.4 Å². The molecule has 2 aliphatic heterocycles. The Kier molecular flexibility index (Phi) is 11.0. The van der Waals surface area contributed by atoms with Gasteiger partial charge >= 0.3 is 24.3 Å². The molecule has 2 N–H and O–H groups in total. The lowest BCUT2D eigenvalue weighted by atomic mass is 9.83. The summed E-state index contributed by atoms with van der Waals surface area (Å²) in [7, 11) is -3.08. The monoisotopic (exact) mass is 601 g/mol. The zero-order chi connectivity index (χ0) is 30.2. The van der Waals surface area contributed by atoms with Gasteiger partial charge in [-0.15, -0.1) is 0 Å². The quantitative estimate of drug-likeness (QED) is 0.474. The van der Waals surface area contributed by atoms with Crippen molar-refractivity contribution in [3.05, 3.63) is 60.2 Å². The lowest BCUT2D eigenvalue weighted by Gasteiger charge is -2.49. The smallest absolute Gasteiger partial charge is 0.475 e. The fourth-order valence-electron chi connectivity index (χ4n) is 4.04. The van der Waals surface area contributed by atoms with Gasteiger partial charge in [0.2, 0.25) is 0 Å². The zero-order valence-corrected chi connectivity index (χ0v) is 21.4. The third kappa shape index (κ3) is 9.12. The van der Waals surface area contributed by atoms with Crippen molar-refractivity contribution in [3.63, 3.8) is 0 Å². The molecule has 0 saturated carbocycles. The molecular formula is C23H25F6N3O7S. The molecule has 2 fully saturated rings. The number of aromatic nitrogens is 2. The van der Waals surface area contributed by atoms with Crippen LogP contribution in [-0.2, 0) is 37.3 Å². The van der Waals surface area contributed by atoms with Crippen LogP contribution in [0.3, 0.4) is 0 Å². The predicted octanol–water partition coefficient (Wildman–Crippen LogP) is 2.95. The van der Waals surface area contributed by atoms with Crippen molar-refractivity contribution in [2.24, 2.45) is 5.92 Å². The molecule has 0 bridgehead atoms. The molecule has 10 nitrogen and oxygen atoms in total. The molecule has 2 aromatic heterocycles. The Hall–Kier alpha value is -3.31. The number of hydrogen-bond acceptors (Lipinski definition) is 8. The molecule has 2 aromatic rings. The van der Waals surface area contributed by atoms with Crippen LogP contribution in [0.15, 0.2) is 48.8 Å². The molecule has 1 unspecified atom stereocenters. The van der Waals surface area contributed by atoms with E-state index in [1.165, 1.54) is 0 Å². The Morgan fingerprint density at radius 1 is 0.925 bits per heavy atom.